The third kappa shape index (κ3) is 3.27. The number of esters is 1. The Bertz CT molecular complexity index is 1350. The number of imide groups is 1. The van der Waals surface area contributed by atoms with Crippen molar-refractivity contribution in [3.8, 4) is 0 Å². The number of ether oxygens (including phenoxy) is 1. The van der Waals surface area contributed by atoms with E-state index in [9.17, 15) is 14.4 Å². The van der Waals surface area contributed by atoms with Gasteiger partial charge in [0.2, 0.25) is 11.8 Å². The standard InChI is InChI=1S/C31H25NO4/c1-2-36-31(35)21-15-9-10-16-24(21)32-29(33)27-22-17-18-23(28(27)30(32)34)26(22)25(19-11-5-3-6-12-19)20-13-7-4-8-14-20/h3-18,22-23,27-28H,2H2,1H3/t22-,23+,27+,28-. The van der Waals surface area contributed by atoms with Crippen LogP contribution in [0.5, 0.6) is 0 Å². The Kier molecular flexibility index (Phi) is 5.41. The molecule has 5 heteroatoms. The molecular formula is C31H25NO4. The smallest absolute Gasteiger partial charge is 0.340 e. The van der Waals surface area contributed by atoms with Crippen molar-refractivity contribution in [1.82, 2.24) is 0 Å². The summed E-state index contributed by atoms with van der Waals surface area (Å²) in [6.07, 6.45) is 4.16. The molecule has 1 heterocycles. The number of amides is 2. The minimum absolute atomic E-state index is 0.174. The molecule has 36 heavy (non-hydrogen) atoms. The lowest BCUT2D eigenvalue weighted by atomic mass is 9.85. The first-order chi connectivity index (χ1) is 17.6. The number of hydrogen-bond acceptors (Lipinski definition) is 4. The highest BCUT2D eigenvalue weighted by atomic mass is 16.5. The summed E-state index contributed by atoms with van der Waals surface area (Å²) in [5, 5.41) is 0. The molecule has 1 saturated carbocycles. The predicted molar refractivity (Wildman–Crippen MR) is 137 cm³/mol. The van der Waals surface area contributed by atoms with Gasteiger partial charge < -0.3 is 4.74 Å². The minimum atomic E-state index is -0.539. The van der Waals surface area contributed by atoms with Gasteiger partial charge in [0, 0.05) is 11.8 Å². The van der Waals surface area contributed by atoms with Gasteiger partial charge in [0.05, 0.1) is 29.7 Å². The van der Waals surface area contributed by atoms with Crippen molar-refractivity contribution in [1.29, 1.82) is 0 Å². The fraction of sp³-hybridized carbons (Fsp3) is 0.194. The van der Waals surface area contributed by atoms with Crippen LogP contribution in [-0.4, -0.2) is 24.4 Å². The van der Waals surface area contributed by atoms with Crippen molar-refractivity contribution in [3.05, 3.63) is 119 Å². The monoisotopic (exact) mass is 475 g/mol. The maximum absolute atomic E-state index is 13.9. The van der Waals surface area contributed by atoms with Crippen molar-refractivity contribution >= 4 is 29.0 Å². The van der Waals surface area contributed by atoms with Crippen LogP contribution in [0.2, 0.25) is 0 Å². The summed E-state index contributed by atoms with van der Waals surface area (Å²) in [5.41, 5.74) is 4.89. The maximum atomic E-state index is 13.9. The van der Waals surface area contributed by atoms with Crippen LogP contribution in [0.25, 0.3) is 5.57 Å². The zero-order valence-corrected chi connectivity index (χ0v) is 19.8. The fourth-order valence-corrected chi connectivity index (χ4v) is 6.09. The molecule has 3 aromatic carbocycles. The minimum Gasteiger partial charge on any atom is -0.462 e. The number of nitrogens with zero attached hydrogens (tertiary/aromatic N) is 1. The summed E-state index contributed by atoms with van der Waals surface area (Å²) in [6, 6.07) is 27.0. The molecule has 1 saturated heterocycles. The predicted octanol–water partition coefficient (Wildman–Crippen LogP) is 5.29. The van der Waals surface area contributed by atoms with Crippen LogP contribution in [-0.2, 0) is 14.3 Å². The lowest BCUT2D eigenvalue weighted by Crippen LogP contribution is -2.34. The highest BCUT2D eigenvalue weighted by Gasteiger charge is 2.62. The molecule has 3 aromatic rings. The van der Waals surface area contributed by atoms with Crippen LogP contribution in [0.4, 0.5) is 5.69 Å². The van der Waals surface area contributed by atoms with E-state index in [2.05, 4.69) is 36.4 Å². The van der Waals surface area contributed by atoms with Crippen molar-refractivity contribution in [2.45, 2.75) is 6.92 Å². The third-order valence-electron chi connectivity index (χ3n) is 7.47. The third-order valence-corrected chi connectivity index (χ3v) is 7.47. The van der Waals surface area contributed by atoms with E-state index in [4.69, 9.17) is 4.74 Å². The Morgan fingerprint density at radius 1 is 0.750 bits per heavy atom. The summed E-state index contributed by atoms with van der Waals surface area (Å²) < 4.78 is 5.19. The number of benzene rings is 3. The second-order valence-electron chi connectivity index (χ2n) is 9.30. The number of carbonyl (C=O) groups excluding carboxylic acids is 3. The van der Waals surface area contributed by atoms with Crippen molar-refractivity contribution < 1.29 is 19.1 Å². The first-order valence-electron chi connectivity index (χ1n) is 12.3. The van der Waals surface area contributed by atoms with E-state index in [1.807, 2.05) is 36.4 Å². The van der Waals surface area contributed by atoms with Crippen LogP contribution in [0.1, 0.15) is 28.4 Å². The number of carbonyl (C=O) groups is 3. The van der Waals surface area contributed by atoms with Gasteiger partial charge in [-0.3, -0.25) is 9.59 Å². The molecule has 2 bridgehead atoms. The van der Waals surface area contributed by atoms with Gasteiger partial charge >= 0.3 is 5.97 Å². The molecule has 0 N–H and O–H groups in total. The molecule has 0 spiro atoms. The van der Waals surface area contributed by atoms with Gasteiger partial charge in [0.15, 0.2) is 0 Å². The van der Waals surface area contributed by atoms with Crippen LogP contribution in [0.15, 0.2) is 103 Å². The summed E-state index contributed by atoms with van der Waals surface area (Å²) in [7, 11) is 0. The molecular weight excluding hydrogens is 450 g/mol. The van der Waals surface area contributed by atoms with Crippen LogP contribution >= 0.6 is 0 Å². The molecule has 0 unspecified atom stereocenters. The zero-order valence-electron chi connectivity index (χ0n) is 19.8. The molecule has 2 aliphatic carbocycles. The largest absolute Gasteiger partial charge is 0.462 e. The molecule has 178 valence electrons. The van der Waals surface area contributed by atoms with Gasteiger partial charge in [-0.05, 0) is 41.3 Å². The summed E-state index contributed by atoms with van der Waals surface area (Å²) >= 11 is 0. The highest BCUT2D eigenvalue weighted by molar-refractivity contribution is 6.25. The Balaban J connectivity index is 1.45. The Labute approximate surface area is 209 Å². The average Bonchev–Trinajstić information content (AvgIpc) is 3.54. The second kappa shape index (κ2) is 8.76. The lowest BCUT2D eigenvalue weighted by Gasteiger charge is -2.22. The second-order valence-corrected chi connectivity index (χ2v) is 9.30. The van der Waals surface area contributed by atoms with E-state index in [1.165, 1.54) is 4.90 Å². The molecule has 1 aliphatic heterocycles. The van der Waals surface area contributed by atoms with Crippen molar-refractivity contribution in [2.24, 2.45) is 23.7 Å². The summed E-state index contributed by atoms with van der Waals surface area (Å²) in [4.78, 5) is 41.5. The molecule has 6 rings (SSSR count). The van der Waals surface area contributed by atoms with E-state index in [0.717, 1.165) is 22.3 Å². The van der Waals surface area contributed by atoms with Crippen molar-refractivity contribution in [3.63, 3.8) is 0 Å². The number of hydrogen-bond donors (Lipinski definition) is 0. The van der Waals surface area contributed by atoms with Gasteiger partial charge in [0.25, 0.3) is 0 Å². The Morgan fingerprint density at radius 2 is 1.25 bits per heavy atom. The zero-order chi connectivity index (χ0) is 24.8. The Morgan fingerprint density at radius 3 is 1.78 bits per heavy atom. The quantitative estimate of drug-likeness (QED) is 0.286. The van der Waals surface area contributed by atoms with Gasteiger partial charge in [-0.1, -0.05) is 84.9 Å². The molecule has 2 amide bonds. The van der Waals surface area contributed by atoms with E-state index in [1.54, 1.807) is 31.2 Å². The SMILES string of the molecule is CCOC(=O)c1ccccc1N1C(=O)[C@@H]2[C@H](C1=O)[C@H]1C=C[C@@H]2C1=C(c1ccccc1)c1ccccc1. The summed E-state index contributed by atoms with van der Waals surface area (Å²) in [5.74, 6) is -2.37. The Hall–Kier alpha value is -4.25. The first-order valence-corrected chi connectivity index (χ1v) is 12.3. The van der Waals surface area contributed by atoms with E-state index in [0.29, 0.717) is 5.69 Å². The first kappa shape index (κ1) is 22.2. The number of anilines is 1. The van der Waals surface area contributed by atoms with E-state index < -0.39 is 17.8 Å². The number of fused-ring (bicyclic) bond motifs is 5. The molecule has 4 atom stereocenters. The van der Waals surface area contributed by atoms with E-state index in [-0.39, 0.29) is 35.8 Å². The van der Waals surface area contributed by atoms with Crippen LogP contribution in [0.3, 0.4) is 0 Å². The normalized spacial score (nSPS) is 23.8. The van der Waals surface area contributed by atoms with Crippen molar-refractivity contribution in [2.75, 3.05) is 11.5 Å². The highest BCUT2D eigenvalue weighted by Crippen LogP contribution is 2.59. The summed E-state index contributed by atoms with van der Waals surface area (Å²) in [6.45, 7) is 1.94. The molecule has 2 fully saturated rings. The lowest BCUT2D eigenvalue weighted by molar-refractivity contribution is -0.122. The number of allylic oxidation sites excluding steroid dienone is 3. The topological polar surface area (TPSA) is 63.7 Å². The molecule has 0 aromatic heterocycles. The fourth-order valence-electron chi connectivity index (χ4n) is 6.09. The number of para-hydroxylation sites is 1. The molecule has 3 aliphatic rings. The van der Waals surface area contributed by atoms with Crippen LogP contribution in [0, 0.1) is 23.7 Å². The maximum Gasteiger partial charge on any atom is 0.340 e. The van der Waals surface area contributed by atoms with Gasteiger partial charge in [-0.15, -0.1) is 0 Å². The molecule has 5 nitrogen and oxygen atoms in total. The average molecular weight is 476 g/mol. The van der Waals surface area contributed by atoms with Gasteiger partial charge in [0.1, 0.15) is 0 Å². The molecule has 0 radical (unpaired) electrons. The van der Waals surface area contributed by atoms with Crippen LogP contribution < -0.4 is 4.90 Å². The van der Waals surface area contributed by atoms with Gasteiger partial charge in [-0.2, -0.15) is 0 Å². The number of rotatable bonds is 5. The van der Waals surface area contributed by atoms with Gasteiger partial charge in [-0.25, -0.2) is 9.69 Å². The van der Waals surface area contributed by atoms with E-state index >= 15 is 0 Å².